The summed E-state index contributed by atoms with van der Waals surface area (Å²) in [6, 6.07) is 5.30. The molecule has 7 heteroatoms. The quantitative estimate of drug-likeness (QED) is 0.873. The van der Waals surface area contributed by atoms with Crippen molar-refractivity contribution in [2.24, 2.45) is 0 Å². The molecule has 1 aliphatic heterocycles. The Bertz CT molecular complexity index is 616. The number of benzene rings is 1. The number of nitrogens with zero attached hydrogens (tertiary/aromatic N) is 3. The number of hydrogen-bond donors (Lipinski definition) is 1. The predicted octanol–water partition coefficient (Wildman–Crippen LogP) is 2.46. The molecule has 0 radical (unpaired) electrons. The zero-order chi connectivity index (χ0) is 14.3. The van der Waals surface area contributed by atoms with Gasteiger partial charge in [-0.05, 0) is 19.1 Å². The third kappa shape index (κ3) is 2.29. The van der Waals surface area contributed by atoms with Crippen LogP contribution in [0.15, 0.2) is 24.3 Å². The van der Waals surface area contributed by atoms with Gasteiger partial charge >= 0.3 is 6.18 Å². The van der Waals surface area contributed by atoms with E-state index >= 15 is 0 Å². The molecular formula is C13H13F3N4. The molecule has 0 fully saturated rings. The van der Waals surface area contributed by atoms with Crippen LogP contribution < -0.4 is 5.32 Å². The van der Waals surface area contributed by atoms with E-state index in [1.54, 1.807) is 0 Å². The van der Waals surface area contributed by atoms with E-state index in [0.717, 1.165) is 18.0 Å². The maximum Gasteiger partial charge on any atom is 0.416 e. The minimum Gasteiger partial charge on any atom is -0.308 e. The van der Waals surface area contributed by atoms with Crippen LogP contribution in [0.3, 0.4) is 0 Å². The van der Waals surface area contributed by atoms with Gasteiger partial charge in [0, 0.05) is 18.2 Å². The van der Waals surface area contributed by atoms with Gasteiger partial charge in [0.2, 0.25) is 0 Å². The molecule has 1 N–H and O–H groups in total. The lowest BCUT2D eigenvalue weighted by atomic mass is 10.1. The van der Waals surface area contributed by atoms with Gasteiger partial charge in [0.1, 0.15) is 5.82 Å². The molecule has 0 amide bonds. The molecule has 0 bridgehead atoms. The second kappa shape index (κ2) is 4.59. The van der Waals surface area contributed by atoms with Crippen molar-refractivity contribution in [3.05, 3.63) is 35.7 Å². The fourth-order valence-corrected chi connectivity index (χ4v) is 2.28. The minimum absolute atomic E-state index is 0.284. The molecule has 1 aliphatic rings. The molecule has 1 unspecified atom stereocenters. The van der Waals surface area contributed by atoms with E-state index < -0.39 is 11.7 Å². The summed E-state index contributed by atoms with van der Waals surface area (Å²) in [6.07, 6.45) is -4.32. The molecule has 0 saturated heterocycles. The molecule has 1 aromatic heterocycles. The Hall–Kier alpha value is -1.89. The second-order valence-electron chi connectivity index (χ2n) is 4.91. The zero-order valence-electron chi connectivity index (χ0n) is 10.8. The van der Waals surface area contributed by atoms with Crippen molar-refractivity contribution in [3.63, 3.8) is 0 Å². The lowest BCUT2D eigenvalue weighted by Gasteiger charge is -2.22. The Balaban J connectivity index is 1.96. The van der Waals surface area contributed by atoms with Crippen molar-refractivity contribution in [3.8, 4) is 11.4 Å². The highest BCUT2D eigenvalue weighted by Crippen LogP contribution is 2.31. The van der Waals surface area contributed by atoms with Gasteiger partial charge in [0.15, 0.2) is 5.82 Å². The molecular weight excluding hydrogens is 269 g/mol. The summed E-state index contributed by atoms with van der Waals surface area (Å²) in [5.74, 6) is 1.42. The van der Waals surface area contributed by atoms with Gasteiger partial charge < -0.3 is 9.88 Å². The highest BCUT2D eigenvalue weighted by molar-refractivity contribution is 5.56. The molecule has 0 aliphatic carbocycles. The lowest BCUT2D eigenvalue weighted by molar-refractivity contribution is -0.137. The number of aromatic nitrogens is 3. The smallest absolute Gasteiger partial charge is 0.308 e. The zero-order valence-corrected chi connectivity index (χ0v) is 10.8. The van der Waals surface area contributed by atoms with Crippen LogP contribution in [0.4, 0.5) is 13.2 Å². The monoisotopic (exact) mass is 282 g/mol. The van der Waals surface area contributed by atoms with Crippen molar-refractivity contribution in [1.82, 2.24) is 20.1 Å². The van der Waals surface area contributed by atoms with Crippen molar-refractivity contribution < 1.29 is 13.2 Å². The van der Waals surface area contributed by atoms with Crippen molar-refractivity contribution in [2.45, 2.75) is 32.2 Å². The fraction of sp³-hybridized carbons (Fsp3) is 0.385. The Morgan fingerprint density at radius 3 is 2.55 bits per heavy atom. The highest BCUT2D eigenvalue weighted by Gasteiger charge is 2.30. The van der Waals surface area contributed by atoms with Crippen LogP contribution in [-0.4, -0.2) is 20.8 Å². The van der Waals surface area contributed by atoms with Crippen LogP contribution in [0.2, 0.25) is 0 Å². The second-order valence-corrected chi connectivity index (χ2v) is 4.91. The van der Waals surface area contributed by atoms with E-state index in [9.17, 15) is 13.2 Å². The van der Waals surface area contributed by atoms with Gasteiger partial charge in [0.25, 0.3) is 0 Å². The van der Waals surface area contributed by atoms with Crippen molar-refractivity contribution >= 4 is 0 Å². The first-order chi connectivity index (χ1) is 9.45. The van der Waals surface area contributed by atoms with E-state index in [1.165, 1.54) is 12.1 Å². The summed E-state index contributed by atoms with van der Waals surface area (Å²) < 4.78 is 39.6. The Morgan fingerprint density at radius 2 is 1.90 bits per heavy atom. The predicted molar refractivity (Wildman–Crippen MR) is 66.8 cm³/mol. The maximum absolute atomic E-state index is 12.5. The van der Waals surface area contributed by atoms with Crippen LogP contribution in [-0.2, 0) is 19.3 Å². The average molecular weight is 282 g/mol. The number of halogens is 3. The van der Waals surface area contributed by atoms with Crippen LogP contribution in [0, 0.1) is 0 Å². The molecule has 3 rings (SSSR count). The van der Waals surface area contributed by atoms with E-state index in [-0.39, 0.29) is 6.04 Å². The third-order valence-corrected chi connectivity index (χ3v) is 3.36. The summed E-state index contributed by atoms with van der Waals surface area (Å²) in [6.45, 7) is 3.37. The number of fused-ring (bicyclic) bond motifs is 1. The van der Waals surface area contributed by atoms with Crippen LogP contribution in [0.25, 0.3) is 11.4 Å². The number of rotatable bonds is 1. The summed E-state index contributed by atoms with van der Waals surface area (Å²) in [5, 5.41) is 11.4. The van der Waals surface area contributed by atoms with Gasteiger partial charge in [-0.25, -0.2) is 0 Å². The fourth-order valence-electron chi connectivity index (χ4n) is 2.28. The molecule has 0 spiro atoms. The van der Waals surface area contributed by atoms with Crippen molar-refractivity contribution in [2.75, 3.05) is 0 Å². The maximum atomic E-state index is 12.5. The first kappa shape index (κ1) is 13.1. The third-order valence-electron chi connectivity index (χ3n) is 3.36. The number of nitrogens with one attached hydrogen (secondary N) is 1. The molecule has 1 aromatic carbocycles. The Kier molecular flexibility index (Phi) is 3.01. The SMILES string of the molecule is CC1Cn2c(nnc2-c2ccc(C(F)(F)F)cc2)CN1. The topological polar surface area (TPSA) is 42.7 Å². The standard InChI is InChI=1S/C13H13F3N4/c1-8-7-20-11(6-17-8)18-19-12(20)9-2-4-10(5-3-9)13(14,15)16/h2-5,8,17H,6-7H2,1H3. The Morgan fingerprint density at radius 1 is 1.20 bits per heavy atom. The van der Waals surface area contributed by atoms with Crippen LogP contribution in [0.5, 0.6) is 0 Å². The minimum atomic E-state index is -4.32. The van der Waals surface area contributed by atoms with E-state index in [2.05, 4.69) is 15.5 Å². The van der Waals surface area contributed by atoms with Crippen LogP contribution in [0.1, 0.15) is 18.3 Å². The molecule has 106 valence electrons. The number of hydrogen-bond acceptors (Lipinski definition) is 3. The normalized spacial score (nSPS) is 18.9. The van der Waals surface area contributed by atoms with Gasteiger partial charge in [0.05, 0.1) is 12.1 Å². The summed E-state index contributed by atoms with van der Waals surface area (Å²) in [4.78, 5) is 0. The van der Waals surface area contributed by atoms with Crippen LogP contribution >= 0.6 is 0 Å². The average Bonchev–Trinajstić information content (AvgIpc) is 2.81. The van der Waals surface area contributed by atoms with Gasteiger partial charge in [-0.2, -0.15) is 13.2 Å². The van der Waals surface area contributed by atoms with E-state index in [4.69, 9.17) is 0 Å². The lowest BCUT2D eigenvalue weighted by Crippen LogP contribution is -2.36. The summed E-state index contributed by atoms with van der Waals surface area (Å²) >= 11 is 0. The van der Waals surface area contributed by atoms with E-state index in [1.807, 2.05) is 11.5 Å². The molecule has 2 aromatic rings. The van der Waals surface area contributed by atoms with E-state index in [0.29, 0.717) is 24.5 Å². The first-order valence-electron chi connectivity index (χ1n) is 6.28. The summed E-state index contributed by atoms with van der Waals surface area (Å²) in [5.41, 5.74) is -0.0134. The molecule has 1 atom stereocenters. The molecule has 20 heavy (non-hydrogen) atoms. The largest absolute Gasteiger partial charge is 0.416 e. The van der Waals surface area contributed by atoms with Crippen molar-refractivity contribution in [1.29, 1.82) is 0 Å². The molecule has 0 saturated carbocycles. The van der Waals surface area contributed by atoms with Gasteiger partial charge in [-0.1, -0.05) is 12.1 Å². The Labute approximate surface area is 113 Å². The van der Waals surface area contributed by atoms with Gasteiger partial charge in [-0.15, -0.1) is 10.2 Å². The van der Waals surface area contributed by atoms with Gasteiger partial charge in [-0.3, -0.25) is 0 Å². The molecule has 4 nitrogen and oxygen atoms in total. The first-order valence-corrected chi connectivity index (χ1v) is 6.28. The molecule has 2 heterocycles. The number of alkyl halides is 3. The summed E-state index contributed by atoms with van der Waals surface area (Å²) in [7, 11) is 0. The highest BCUT2D eigenvalue weighted by atomic mass is 19.4.